The second kappa shape index (κ2) is 5.95. The summed E-state index contributed by atoms with van der Waals surface area (Å²) >= 11 is 5.02. The van der Waals surface area contributed by atoms with Gasteiger partial charge in [0.2, 0.25) is 11.8 Å². The quantitative estimate of drug-likeness (QED) is 0.841. The van der Waals surface area contributed by atoms with Crippen LogP contribution >= 0.6 is 27.3 Å². The number of nitrogens with one attached hydrogen (secondary N) is 1. The lowest BCUT2D eigenvalue weighted by molar-refractivity contribution is -0.138. The second-order valence-corrected chi connectivity index (χ2v) is 6.16. The standard InChI is InChI=1S/C12H15BrN2O2S/c1-2-3-15-11(16)5-10(12(15)17)14-6-9-4-8(13)7-18-9/h4,7,10,14H,2-3,5-6H2,1H3. The third kappa shape index (κ3) is 2.99. The molecule has 0 aliphatic carbocycles. The molecule has 1 saturated heterocycles. The number of rotatable bonds is 5. The van der Waals surface area contributed by atoms with E-state index >= 15 is 0 Å². The fraction of sp³-hybridized carbons (Fsp3) is 0.500. The van der Waals surface area contributed by atoms with Crippen LogP contribution in [0.15, 0.2) is 15.9 Å². The Labute approximate surface area is 118 Å². The zero-order valence-corrected chi connectivity index (χ0v) is 12.5. The lowest BCUT2D eigenvalue weighted by atomic mass is 10.2. The van der Waals surface area contributed by atoms with Crippen molar-refractivity contribution >= 4 is 39.1 Å². The van der Waals surface area contributed by atoms with Crippen molar-refractivity contribution in [3.05, 3.63) is 20.8 Å². The van der Waals surface area contributed by atoms with Crippen LogP contribution in [-0.2, 0) is 16.1 Å². The molecule has 1 aliphatic rings. The Morgan fingerprint density at radius 2 is 2.33 bits per heavy atom. The normalized spacial score (nSPS) is 19.9. The first kappa shape index (κ1) is 13.7. The average Bonchev–Trinajstić information content (AvgIpc) is 2.86. The first-order valence-corrected chi connectivity index (χ1v) is 7.59. The molecule has 2 rings (SSSR count). The lowest BCUT2D eigenvalue weighted by Gasteiger charge is -2.13. The highest BCUT2D eigenvalue weighted by molar-refractivity contribution is 9.10. The molecular formula is C12H15BrN2O2S. The minimum Gasteiger partial charge on any atom is -0.300 e. The van der Waals surface area contributed by atoms with Gasteiger partial charge in [-0.05, 0) is 28.4 Å². The SMILES string of the molecule is CCCN1C(=O)CC(NCc2cc(Br)cs2)C1=O. The van der Waals surface area contributed by atoms with Gasteiger partial charge in [0.25, 0.3) is 0 Å². The van der Waals surface area contributed by atoms with Crippen LogP contribution < -0.4 is 5.32 Å². The predicted octanol–water partition coefficient (Wildman–Crippen LogP) is 2.14. The van der Waals surface area contributed by atoms with Gasteiger partial charge in [0.05, 0.1) is 12.5 Å². The maximum absolute atomic E-state index is 12.0. The van der Waals surface area contributed by atoms with Crippen molar-refractivity contribution in [3.63, 3.8) is 0 Å². The van der Waals surface area contributed by atoms with E-state index in [2.05, 4.69) is 21.2 Å². The fourth-order valence-electron chi connectivity index (χ4n) is 1.97. The first-order valence-electron chi connectivity index (χ1n) is 5.92. The summed E-state index contributed by atoms with van der Waals surface area (Å²) in [5.74, 6) is -0.149. The molecule has 2 heterocycles. The molecule has 1 aromatic heterocycles. The Morgan fingerprint density at radius 1 is 1.56 bits per heavy atom. The van der Waals surface area contributed by atoms with E-state index in [-0.39, 0.29) is 24.3 Å². The number of carbonyl (C=O) groups excluding carboxylic acids is 2. The van der Waals surface area contributed by atoms with E-state index in [1.54, 1.807) is 11.3 Å². The minimum absolute atomic E-state index is 0.0632. The lowest BCUT2D eigenvalue weighted by Crippen LogP contribution is -2.38. The van der Waals surface area contributed by atoms with Crippen LogP contribution in [0.25, 0.3) is 0 Å². The van der Waals surface area contributed by atoms with Crippen LogP contribution in [0.1, 0.15) is 24.6 Å². The smallest absolute Gasteiger partial charge is 0.246 e. The molecule has 2 amide bonds. The van der Waals surface area contributed by atoms with E-state index in [9.17, 15) is 9.59 Å². The number of thiophene rings is 1. The Balaban J connectivity index is 1.91. The van der Waals surface area contributed by atoms with Gasteiger partial charge < -0.3 is 5.32 Å². The second-order valence-electron chi connectivity index (χ2n) is 4.25. The summed E-state index contributed by atoms with van der Waals surface area (Å²) in [4.78, 5) is 26.1. The number of hydrogen-bond acceptors (Lipinski definition) is 4. The molecule has 98 valence electrons. The van der Waals surface area contributed by atoms with Crippen LogP contribution in [-0.4, -0.2) is 29.3 Å². The Kier molecular flexibility index (Phi) is 4.53. The molecular weight excluding hydrogens is 316 g/mol. The van der Waals surface area contributed by atoms with Crippen LogP contribution in [0.4, 0.5) is 0 Å². The molecule has 18 heavy (non-hydrogen) atoms. The van der Waals surface area contributed by atoms with E-state index < -0.39 is 0 Å². The summed E-state index contributed by atoms with van der Waals surface area (Å²) in [6.07, 6.45) is 1.09. The maximum atomic E-state index is 12.0. The molecule has 0 saturated carbocycles. The van der Waals surface area contributed by atoms with Gasteiger partial charge in [0.15, 0.2) is 0 Å². The predicted molar refractivity (Wildman–Crippen MR) is 74.3 cm³/mol. The Bertz CT molecular complexity index is 461. The molecule has 4 nitrogen and oxygen atoms in total. The van der Waals surface area contributed by atoms with E-state index in [4.69, 9.17) is 0 Å². The van der Waals surface area contributed by atoms with E-state index in [1.807, 2.05) is 18.4 Å². The molecule has 6 heteroatoms. The minimum atomic E-state index is -0.357. The molecule has 1 atom stereocenters. The molecule has 1 N–H and O–H groups in total. The molecule has 1 aliphatic heterocycles. The summed E-state index contributed by atoms with van der Waals surface area (Å²) in [6, 6.07) is 1.66. The van der Waals surface area contributed by atoms with E-state index in [0.29, 0.717) is 13.1 Å². The molecule has 1 aromatic rings. The molecule has 1 unspecified atom stereocenters. The van der Waals surface area contributed by atoms with Gasteiger partial charge in [0, 0.05) is 27.8 Å². The summed E-state index contributed by atoms with van der Waals surface area (Å²) in [7, 11) is 0. The highest BCUT2D eigenvalue weighted by atomic mass is 79.9. The van der Waals surface area contributed by atoms with Gasteiger partial charge >= 0.3 is 0 Å². The van der Waals surface area contributed by atoms with Crippen molar-refractivity contribution < 1.29 is 9.59 Å². The van der Waals surface area contributed by atoms with Gasteiger partial charge in [-0.1, -0.05) is 6.92 Å². The summed E-state index contributed by atoms with van der Waals surface area (Å²) < 4.78 is 1.05. The summed E-state index contributed by atoms with van der Waals surface area (Å²) in [6.45, 7) is 3.12. The Morgan fingerprint density at radius 3 is 2.94 bits per heavy atom. The number of carbonyl (C=O) groups is 2. The van der Waals surface area contributed by atoms with Crippen LogP contribution in [0.5, 0.6) is 0 Å². The third-order valence-electron chi connectivity index (χ3n) is 2.84. The third-order valence-corrected chi connectivity index (χ3v) is 4.53. The monoisotopic (exact) mass is 330 g/mol. The molecule has 0 radical (unpaired) electrons. The number of imide groups is 1. The van der Waals surface area contributed by atoms with Gasteiger partial charge in [-0.2, -0.15) is 0 Å². The number of amides is 2. The van der Waals surface area contributed by atoms with E-state index in [0.717, 1.165) is 15.8 Å². The largest absolute Gasteiger partial charge is 0.300 e. The molecule has 1 fully saturated rings. The topological polar surface area (TPSA) is 49.4 Å². The Hall–Kier alpha value is -0.720. The fourth-order valence-corrected chi connectivity index (χ4v) is 3.37. The molecule has 0 bridgehead atoms. The van der Waals surface area contributed by atoms with Crippen LogP contribution in [0, 0.1) is 0 Å². The number of nitrogens with zero attached hydrogens (tertiary/aromatic N) is 1. The summed E-state index contributed by atoms with van der Waals surface area (Å²) in [5, 5.41) is 5.16. The van der Waals surface area contributed by atoms with Gasteiger partial charge in [0.1, 0.15) is 0 Å². The van der Waals surface area contributed by atoms with Crippen molar-refractivity contribution in [2.75, 3.05) is 6.54 Å². The highest BCUT2D eigenvalue weighted by Gasteiger charge is 2.37. The van der Waals surface area contributed by atoms with Crippen LogP contribution in [0.3, 0.4) is 0 Å². The van der Waals surface area contributed by atoms with Crippen molar-refractivity contribution in [2.45, 2.75) is 32.4 Å². The van der Waals surface area contributed by atoms with E-state index in [1.165, 1.54) is 4.90 Å². The van der Waals surface area contributed by atoms with Gasteiger partial charge in [-0.25, -0.2) is 0 Å². The van der Waals surface area contributed by atoms with Gasteiger partial charge in [-0.15, -0.1) is 11.3 Å². The van der Waals surface area contributed by atoms with Gasteiger partial charge in [-0.3, -0.25) is 14.5 Å². The zero-order chi connectivity index (χ0) is 13.1. The number of halogens is 1. The number of hydrogen-bond donors (Lipinski definition) is 1. The van der Waals surface area contributed by atoms with Crippen molar-refractivity contribution in [2.24, 2.45) is 0 Å². The maximum Gasteiger partial charge on any atom is 0.246 e. The average molecular weight is 331 g/mol. The zero-order valence-electron chi connectivity index (χ0n) is 10.1. The first-order chi connectivity index (χ1) is 8.61. The number of likely N-dealkylation sites (tertiary alicyclic amines) is 1. The summed E-state index contributed by atoms with van der Waals surface area (Å²) in [5.41, 5.74) is 0. The molecule has 0 aromatic carbocycles. The highest BCUT2D eigenvalue weighted by Crippen LogP contribution is 2.20. The molecule has 0 spiro atoms. The van der Waals surface area contributed by atoms with Crippen molar-refractivity contribution in [1.82, 2.24) is 10.2 Å². The van der Waals surface area contributed by atoms with Crippen molar-refractivity contribution in [1.29, 1.82) is 0 Å². The van der Waals surface area contributed by atoms with Crippen molar-refractivity contribution in [3.8, 4) is 0 Å². The van der Waals surface area contributed by atoms with Crippen LogP contribution in [0.2, 0.25) is 0 Å².